The van der Waals surface area contributed by atoms with Gasteiger partial charge in [-0.2, -0.15) is 0 Å². The molecule has 17 heavy (non-hydrogen) atoms. The van der Waals surface area contributed by atoms with E-state index in [0.717, 1.165) is 51.9 Å². The van der Waals surface area contributed by atoms with Gasteiger partial charge in [0.05, 0.1) is 13.2 Å². The summed E-state index contributed by atoms with van der Waals surface area (Å²) in [6.07, 6.45) is 3.58. The Kier molecular flexibility index (Phi) is 5.71. The van der Waals surface area contributed by atoms with E-state index in [-0.39, 0.29) is 0 Å². The lowest BCUT2D eigenvalue weighted by atomic mass is 9.99. The Labute approximate surface area is 104 Å². The van der Waals surface area contributed by atoms with Gasteiger partial charge in [-0.3, -0.25) is 0 Å². The van der Waals surface area contributed by atoms with Crippen LogP contribution in [0.25, 0.3) is 0 Å². The molecule has 0 aromatic rings. The molecule has 2 N–H and O–H groups in total. The van der Waals surface area contributed by atoms with Gasteiger partial charge in [0.15, 0.2) is 0 Å². The summed E-state index contributed by atoms with van der Waals surface area (Å²) in [6.45, 7) is 8.02. The summed E-state index contributed by atoms with van der Waals surface area (Å²) in [6, 6.07) is 1.10. The molecule has 0 aromatic heterocycles. The largest absolute Gasteiger partial charge is 0.381 e. The molecule has 2 unspecified atom stereocenters. The van der Waals surface area contributed by atoms with E-state index in [2.05, 4.69) is 17.6 Å². The van der Waals surface area contributed by atoms with E-state index in [1.165, 1.54) is 12.8 Å². The van der Waals surface area contributed by atoms with E-state index >= 15 is 0 Å². The minimum absolute atomic E-state index is 0.529. The van der Waals surface area contributed by atoms with E-state index in [1.807, 2.05) is 0 Å². The standard InChI is InChI=1S/C13H26N2O2/c1-11(8-13-10-17-7-4-14-13)15-9-12-2-5-16-6-3-12/h11-15H,2-10H2,1H3. The van der Waals surface area contributed by atoms with Crippen molar-refractivity contribution in [2.75, 3.05) is 39.5 Å². The number of hydrogen-bond acceptors (Lipinski definition) is 4. The highest BCUT2D eigenvalue weighted by molar-refractivity contribution is 4.77. The monoisotopic (exact) mass is 242 g/mol. The molecular formula is C13H26N2O2. The van der Waals surface area contributed by atoms with Crippen LogP contribution in [-0.2, 0) is 9.47 Å². The molecule has 2 rings (SSSR count). The molecule has 0 aromatic carbocycles. The van der Waals surface area contributed by atoms with Crippen LogP contribution in [0.1, 0.15) is 26.2 Å². The normalized spacial score (nSPS) is 29.1. The highest BCUT2D eigenvalue weighted by Gasteiger charge is 2.18. The van der Waals surface area contributed by atoms with E-state index in [4.69, 9.17) is 9.47 Å². The number of hydrogen-bond donors (Lipinski definition) is 2. The van der Waals surface area contributed by atoms with Crippen LogP contribution in [0.2, 0.25) is 0 Å². The van der Waals surface area contributed by atoms with Crippen LogP contribution < -0.4 is 10.6 Å². The van der Waals surface area contributed by atoms with Crippen LogP contribution in [0.5, 0.6) is 0 Å². The van der Waals surface area contributed by atoms with Gasteiger partial charge in [-0.25, -0.2) is 0 Å². The fourth-order valence-corrected chi connectivity index (χ4v) is 2.60. The molecule has 4 nitrogen and oxygen atoms in total. The zero-order chi connectivity index (χ0) is 11.9. The van der Waals surface area contributed by atoms with Gasteiger partial charge >= 0.3 is 0 Å². The van der Waals surface area contributed by atoms with Crippen molar-refractivity contribution in [3.05, 3.63) is 0 Å². The van der Waals surface area contributed by atoms with E-state index in [9.17, 15) is 0 Å². The minimum atomic E-state index is 0.529. The molecule has 100 valence electrons. The van der Waals surface area contributed by atoms with Gasteiger partial charge in [0.2, 0.25) is 0 Å². The lowest BCUT2D eigenvalue weighted by molar-refractivity contribution is 0.0622. The molecule has 2 atom stereocenters. The molecule has 0 spiro atoms. The summed E-state index contributed by atoms with van der Waals surface area (Å²) >= 11 is 0. The van der Waals surface area contributed by atoms with Crippen LogP contribution in [-0.4, -0.2) is 51.6 Å². The van der Waals surface area contributed by atoms with Crippen molar-refractivity contribution >= 4 is 0 Å². The molecule has 0 aliphatic carbocycles. The average Bonchev–Trinajstić information content (AvgIpc) is 2.39. The third-order valence-electron chi connectivity index (χ3n) is 3.73. The van der Waals surface area contributed by atoms with Gasteiger partial charge in [-0.05, 0) is 38.6 Å². The Balaban J connectivity index is 1.57. The first-order valence-electron chi connectivity index (χ1n) is 6.97. The minimum Gasteiger partial charge on any atom is -0.381 e. The Hall–Kier alpha value is -0.160. The molecule has 2 aliphatic heterocycles. The quantitative estimate of drug-likeness (QED) is 0.747. The highest BCUT2D eigenvalue weighted by atomic mass is 16.5. The number of rotatable bonds is 5. The molecule has 4 heteroatoms. The molecular weight excluding hydrogens is 216 g/mol. The summed E-state index contributed by atoms with van der Waals surface area (Å²) in [4.78, 5) is 0. The van der Waals surface area contributed by atoms with E-state index < -0.39 is 0 Å². The molecule has 0 bridgehead atoms. The molecule has 0 saturated carbocycles. The second-order valence-corrected chi connectivity index (χ2v) is 5.33. The first-order valence-corrected chi connectivity index (χ1v) is 6.97. The molecule has 0 amide bonds. The summed E-state index contributed by atoms with van der Waals surface area (Å²) in [5.41, 5.74) is 0. The molecule has 2 aliphatic rings. The van der Waals surface area contributed by atoms with Crippen molar-refractivity contribution in [1.29, 1.82) is 0 Å². The number of ether oxygens (including phenoxy) is 2. The Bertz CT molecular complexity index is 202. The predicted octanol–water partition coefficient (Wildman–Crippen LogP) is 0.770. The lowest BCUT2D eigenvalue weighted by Crippen LogP contribution is -2.45. The van der Waals surface area contributed by atoms with Gasteiger partial charge in [-0.1, -0.05) is 0 Å². The van der Waals surface area contributed by atoms with Gasteiger partial charge in [-0.15, -0.1) is 0 Å². The van der Waals surface area contributed by atoms with Crippen molar-refractivity contribution in [1.82, 2.24) is 10.6 Å². The van der Waals surface area contributed by atoms with Crippen molar-refractivity contribution in [3.63, 3.8) is 0 Å². The van der Waals surface area contributed by atoms with E-state index in [0.29, 0.717) is 12.1 Å². The molecule has 2 fully saturated rings. The summed E-state index contributed by atoms with van der Waals surface area (Å²) in [5.74, 6) is 0.807. The Morgan fingerprint density at radius 1 is 1.24 bits per heavy atom. The Morgan fingerprint density at radius 3 is 2.76 bits per heavy atom. The van der Waals surface area contributed by atoms with Crippen molar-refractivity contribution in [2.45, 2.75) is 38.3 Å². The second-order valence-electron chi connectivity index (χ2n) is 5.33. The van der Waals surface area contributed by atoms with E-state index in [1.54, 1.807) is 0 Å². The predicted molar refractivity (Wildman–Crippen MR) is 68.2 cm³/mol. The molecule has 0 radical (unpaired) electrons. The zero-order valence-corrected chi connectivity index (χ0v) is 10.9. The lowest BCUT2D eigenvalue weighted by Gasteiger charge is -2.28. The summed E-state index contributed by atoms with van der Waals surface area (Å²) in [7, 11) is 0. The third kappa shape index (κ3) is 4.92. The van der Waals surface area contributed by atoms with Crippen molar-refractivity contribution in [2.24, 2.45) is 5.92 Å². The highest BCUT2D eigenvalue weighted by Crippen LogP contribution is 2.14. The average molecular weight is 242 g/mol. The Morgan fingerprint density at radius 2 is 2.06 bits per heavy atom. The van der Waals surface area contributed by atoms with Crippen LogP contribution in [0.4, 0.5) is 0 Å². The van der Waals surface area contributed by atoms with Gasteiger partial charge in [0.25, 0.3) is 0 Å². The SMILES string of the molecule is CC(CC1COCCN1)NCC1CCOCC1. The van der Waals surface area contributed by atoms with Crippen LogP contribution in [0.15, 0.2) is 0 Å². The van der Waals surface area contributed by atoms with Gasteiger partial charge in [0.1, 0.15) is 0 Å². The summed E-state index contributed by atoms with van der Waals surface area (Å²) in [5, 5.41) is 7.15. The third-order valence-corrected chi connectivity index (χ3v) is 3.73. The number of nitrogens with one attached hydrogen (secondary N) is 2. The maximum Gasteiger partial charge on any atom is 0.0620 e. The second kappa shape index (κ2) is 7.31. The smallest absolute Gasteiger partial charge is 0.0620 e. The first-order chi connectivity index (χ1) is 8.34. The van der Waals surface area contributed by atoms with Crippen LogP contribution in [0.3, 0.4) is 0 Å². The zero-order valence-electron chi connectivity index (χ0n) is 10.9. The van der Waals surface area contributed by atoms with Crippen LogP contribution in [0, 0.1) is 5.92 Å². The maximum atomic E-state index is 5.47. The van der Waals surface area contributed by atoms with Crippen LogP contribution >= 0.6 is 0 Å². The van der Waals surface area contributed by atoms with Gasteiger partial charge in [0, 0.05) is 31.8 Å². The molecule has 2 heterocycles. The fourth-order valence-electron chi connectivity index (χ4n) is 2.60. The number of morpholine rings is 1. The maximum absolute atomic E-state index is 5.47. The fraction of sp³-hybridized carbons (Fsp3) is 1.00. The molecule has 2 saturated heterocycles. The first kappa shape index (κ1) is 13.3. The summed E-state index contributed by atoms with van der Waals surface area (Å²) < 4.78 is 10.8. The van der Waals surface area contributed by atoms with Crippen molar-refractivity contribution < 1.29 is 9.47 Å². The van der Waals surface area contributed by atoms with Gasteiger partial charge < -0.3 is 20.1 Å². The topological polar surface area (TPSA) is 42.5 Å². The van der Waals surface area contributed by atoms with Crippen molar-refractivity contribution in [3.8, 4) is 0 Å².